The van der Waals surface area contributed by atoms with Gasteiger partial charge in [-0.3, -0.25) is 14.9 Å². The van der Waals surface area contributed by atoms with Crippen LogP contribution in [0.15, 0.2) is 47.4 Å². The van der Waals surface area contributed by atoms with Crippen LogP contribution >= 0.6 is 0 Å². The average Bonchev–Trinajstić information content (AvgIpc) is 3.70. The van der Waals surface area contributed by atoms with Crippen molar-refractivity contribution in [2.75, 3.05) is 55.7 Å². The molecule has 0 bridgehead atoms. The molecule has 0 spiro atoms. The highest BCUT2D eigenvalue weighted by Gasteiger charge is 2.35. The summed E-state index contributed by atoms with van der Waals surface area (Å²) in [6.07, 6.45) is 3.84. The fourth-order valence-corrected chi connectivity index (χ4v) is 7.83. The van der Waals surface area contributed by atoms with Crippen LogP contribution in [0.2, 0.25) is 0 Å². The molecule has 12 heteroatoms. The molecule has 0 N–H and O–H groups in total. The van der Waals surface area contributed by atoms with Crippen LogP contribution in [0.25, 0.3) is 17.3 Å². The number of anilines is 2. The Morgan fingerprint density at radius 2 is 1.67 bits per heavy atom. The van der Waals surface area contributed by atoms with Gasteiger partial charge < -0.3 is 19.1 Å². The summed E-state index contributed by atoms with van der Waals surface area (Å²) in [5.41, 5.74) is 5.46. The molecule has 2 aromatic carbocycles. The Morgan fingerprint density at radius 1 is 0.977 bits per heavy atom. The smallest absolute Gasteiger partial charge is 0.294 e. The number of carbonyl (C=O) groups is 1. The SMILES string of the molecule is CCN1C(=O)/C(=C\c2cc(C)n(-c3ccc(N4CCCC4)c([N+](=O)[O-])c3)c2C)c2cc(S(=O)(=O)N3CCOCC3)ccc21. The lowest BCUT2D eigenvalue weighted by Crippen LogP contribution is -2.40. The zero-order valence-corrected chi connectivity index (χ0v) is 25.4. The molecule has 3 aliphatic rings. The van der Waals surface area contributed by atoms with E-state index in [1.54, 1.807) is 35.2 Å². The van der Waals surface area contributed by atoms with Gasteiger partial charge in [-0.2, -0.15) is 4.31 Å². The molecule has 11 nitrogen and oxygen atoms in total. The summed E-state index contributed by atoms with van der Waals surface area (Å²) in [6.45, 7) is 9.02. The van der Waals surface area contributed by atoms with Gasteiger partial charge in [0.05, 0.1) is 34.4 Å². The van der Waals surface area contributed by atoms with E-state index >= 15 is 0 Å². The van der Waals surface area contributed by atoms with Gasteiger partial charge in [0.1, 0.15) is 5.69 Å². The number of carbonyl (C=O) groups excluding carboxylic acids is 1. The Kier molecular flexibility index (Phi) is 7.61. The van der Waals surface area contributed by atoms with Crippen molar-refractivity contribution in [2.24, 2.45) is 0 Å². The first-order valence-electron chi connectivity index (χ1n) is 14.6. The summed E-state index contributed by atoms with van der Waals surface area (Å²) < 4.78 is 35.5. The van der Waals surface area contributed by atoms with Gasteiger partial charge in [-0.1, -0.05) is 0 Å². The van der Waals surface area contributed by atoms with Crippen LogP contribution in [-0.4, -0.2) is 74.1 Å². The van der Waals surface area contributed by atoms with Crippen LogP contribution in [0.5, 0.6) is 0 Å². The monoisotopic (exact) mass is 605 g/mol. The standard InChI is InChI=1S/C31H35N5O6S/c1-4-34-28-10-8-25(43(40,41)33-13-15-42-16-14-33)20-26(28)27(31(34)37)18-23-17-21(2)35(22(23)3)24-7-9-29(30(19-24)36(38)39)32-11-5-6-12-32/h7-10,17-20H,4-6,11-16H2,1-3H3/b27-18-. The second kappa shape index (κ2) is 11.3. The Bertz CT molecular complexity index is 1750. The minimum atomic E-state index is -3.76. The Labute approximate surface area is 251 Å². The van der Waals surface area contributed by atoms with Crippen molar-refractivity contribution in [3.05, 3.63) is 75.1 Å². The number of sulfonamides is 1. The van der Waals surface area contributed by atoms with E-state index in [0.717, 1.165) is 42.9 Å². The minimum absolute atomic E-state index is 0.0688. The summed E-state index contributed by atoms with van der Waals surface area (Å²) in [4.78, 5) is 29.2. The zero-order chi connectivity index (χ0) is 30.5. The van der Waals surface area contributed by atoms with E-state index in [-0.39, 0.29) is 34.5 Å². The molecule has 4 heterocycles. The lowest BCUT2D eigenvalue weighted by atomic mass is 10.0. The van der Waals surface area contributed by atoms with E-state index in [4.69, 9.17) is 4.74 Å². The van der Waals surface area contributed by atoms with Gasteiger partial charge in [-0.05, 0) is 81.7 Å². The Hall–Kier alpha value is -4.00. The highest BCUT2D eigenvalue weighted by molar-refractivity contribution is 7.89. The van der Waals surface area contributed by atoms with Gasteiger partial charge in [0.2, 0.25) is 10.0 Å². The van der Waals surface area contributed by atoms with E-state index in [1.165, 1.54) is 4.31 Å². The summed E-state index contributed by atoms with van der Waals surface area (Å²) in [7, 11) is -3.76. The van der Waals surface area contributed by atoms with Gasteiger partial charge >= 0.3 is 0 Å². The number of hydrogen-bond acceptors (Lipinski definition) is 7. The number of nitro groups is 1. The number of amides is 1. The lowest BCUT2D eigenvalue weighted by Gasteiger charge is -2.26. The van der Waals surface area contributed by atoms with E-state index in [2.05, 4.69) is 4.90 Å². The fraction of sp³-hybridized carbons (Fsp3) is 0.387. The molecular weight excluding hydrogens is 570 g/mol. The largest absolute Gasteiger partial charge is 0.379 e. The van der Waals surface area contributed by atoms with E-state index in [1.807, 2.05) is 43.5 Å². The third-order valence-electron chi connectivity index (χ3n) is 8.58. The molecule has 0 radical (unpaired) electrons. The second-order valence-electron chi connectivity index (χ2n) is 11.1. The van der Waals surface area contributed by atoms with Crippen molar-refractivity contribution in [3.63, 3.8) is 0 Å². The highest BCUT2D eigenvalue weighted by atomic mass is 32.2. The number of ether oxygens (including phenoxy) is 1. The van der Waals surface area contributed by atoms with Crippen LogP contribution in [0.4, 0.5) is 17.1 Å². The lowest BCUT2D eigenvalue weighted by molar-refractivity contribution is -0.384. The summed E-state index contributed by atoms with van der Waals surface area (Å²) in [5.74, 6) is -0.200. The van der Waals surface area contributed by atoms with E-state index in [0.29, 0.717) is 48.0 Å². The van der Waals surface area contributed by atoms with Crippen LogP contribution in [-0.2, 0) is 19.6 Å². The first kappa shape index (κ1) is 29.1. The number of aromatic nitrogens is 1. The predicted octanol–water partition coefficient (Wildman–Crippen LogP) is 4.53. The third kappa shape index (κ3) is 5.02. The molecule has 0 atom stereocenters. The van der Waals surface area contributed by atoms with E-state index < -0.39 is 10.0 Å². The molecule has 0 unspecified atom stereocenters. The molecule has 0 aliphatic carbocycles. The third-order valence-corrected chi connectivity index (χ3v) is 10.5. The summed E-state index contributed by atoms with van der Waals surface area (Å²) in [6, 6.07) is 12.1. The van der Waals surface area contributed by atoms with Crippen LogP contribution in [0, 0.1) is 24.0 Å². The number of fused-ring (bicyclic) bond motifs is 1. The van der Waals surface area contributed by atoms with Gasteiger partial charge in [-0.25, -0.2) is 8.42 Å². The average molecular weight is 606 g/mol. The molecular formula is C31H35N5O6S. The minimum Gasteiger partial charge on any atom is -0.379 e. The molecule has 2 fully saturated rings. The van der Waals surface area contributed by atoms with Gasteiger partial charge in [-0.15, -0.1) is 0 Å². The van der Waals surface area contributed by atoms with Crippen molar-refractivity contribution in [1.82, 2.24) is 8.87 Å². The molecule has 6 rings (SSSR count). The number of benzene rings is 2. The summed E-state index contributed by atoms with van der Waals surface area (Å²) >= 11 is 0. The topological polar surface area (TPSA) is 118 Å². The first-order chi connectivity index (χ1) is 20.6. The van der Waals surface area contributed by atoms with Crippen LogP contribution < -0.4 is 9.80 Å². The molecule has 0 saturated carbocycles. The summed E-state index contributed by atoms with van der Waals surface area (Å²) in [5, 5.41) is 12.0. The molecule has 3 aromatic rings. The maximum atomic E-state index is 13.6. The van der Waals surface area contributed by atoms with Crippen molar-refractivity contribution in [1.29, 1.82) is 0 Å². The number of nitro benzene ring substituents is 1. The molecule has 3 aliphatic heterocycles. The van der Waals surface area contributed by atoms with E-state index in [9.17, 15) is 23.3 Å². The molecule has 2 saturated heterocycles. The van der Waals surface area contributed by atoms with Gasteiger partial charge in [0.15, 0.2) is 0 Å². The van der Waals surface area contributed by atoms with Crippen molar-refractivity contribution >= 4 is 44.6 Å². The number of hydrogen-bond donors (Lipinski definition) is 0. The van der Waals surface area contributed by atoms with Crippen molar-refractivity contribution in [3.8, 4) is 5.69 Å². The number of nitrogens with zero attached hydrogens (tertiary/aromatic N) is 5. The van der Waals surface area contributed by atoms with Crippen LogP contribution in [0.1, 0.15) is 42.3 Å². The molecule has 1 aromatic heterocycles. The molecule has 226 valence electrons. The van der Waals surface area contributed by atoms with Crippen molar-refractivity contribution in [2.45, 2.75) is 38.5 Å². The maximum Gasteiger partial charge on any atom is 0.294 e. The first-order valence-corrected chi connectivity index (χ1v) is 16.0. The molecule has 43 heavy (non-hydrogen) atoms. The van der Waals surface area contributed by atoms with Gasteiger partial charge in [0, 0.05) is 61.3 Å². The fourth-order valence-electron chi connectivity index (χ4n) is 6.40. The predicted molar refractivity (Wildman–Crippen MR) is 165 cm³/mol. The quantitative estimate of drug-likeness (QED) is 0.221. The highest BCUT2D eigenvalue weighted by Crippen LogP contribution is 2.40. The van der Waals surface area contributed by atoms with Crippen LogP contribution in [0.3, 0.4) is 0 Å². The number of morpholine rings is 1. The zero-order valence-electron chi connectivity index (χ0n) is 24.6. The van der Waals surface area contributed by atoms with Gasteiger partial charge in [0.25, 0.3) is 11.6 Å². The number of rotatable bonds is 7. The van der Waals surface area contributed by atoms with Crippen molar-refractivity contribution < 1.29 is 22.9 Å². The normalized spacial score (nSPS) is 18.6. The number of likely N-dealkylation sites (N-methyl/N-ethyl adjacent to an activating group) is 1. The number of aryl methyl sites for hydroxylation is 1. The molecule has 1 amide bonds. The Morgan fingerprint density at radius 3 is 2.35 bits per heavy atom. The Balaban J connectivity index is 1.41. The maximum absolute atomic E-state index is 13.6. The second-order valence-corrected chi connectivity index (χ2v) is 13.0.